The van der Waals surface area contributed by atoms with Crippen molar-refractivity contribution >= 4 is 0 Å². The third-order valence-electron chi connectivity index (χ3n) is 5.28. The average Bonchev–Trinajstić information content (AvgIpc) is 2.65. The van der Waals surface area contributed by atoms with E-state index < -0.39 is 0 Å². The summed E-state index contributed by atoms with van der Waals surface area (Å²) >= 11 is 0. The van der Waals surface area contributed by atoms with Crippen LogP contribution in [0.3, 0.4) is 0 Å². The second-order valence-corrected chi connectivity index (χ2v) is 7.66. The summed E-state index contributed by atoms with van der Waals surface area (Å²) in [5.41, 5.74) is 1.83. The molecule has 0 aromatic heterocycles. The number of aromatic hydroxyl groups is 4. The van der Waals surface area contributed by atoms with E-state index in [1.807, 2.05) is 0 Å². The number of unbranched alkanes of at least 4 members (excludes halogenated alkanes) is 9. The maximum Gasteiger partial charge on any atom is 0.122 e. The molecule has 0 aliphatic carbocycles. The van der Waals surface area contributed by atoms with Gasteiger partial charge in [0.2, 0.25) is 0 Å². The molecule has 0 radical (unpaired) electrons. The van der Waals surface area contributed by atoms with Gasteiger partial charge in [-0.3, -0.25) is 0 Å². The van der Waals surface area contributed by atoms with Crippen molar-refractivity contribution < 1.29 is 20.4 Å². The van der Waals surface area contributed by atoms with Crippen molar-refractivity contribution in [3.63, 3.8) is 0 Å². The highest BCUT2D eigenvalue weighted by atomic mass is 16.3. The molecule has 28 heavy (non-hydrogen) atoms. The van der Waals surface area contributed by atoms with E-state index in [2.05, 4.69) is 0 Å². The van der Waals surface area contributed by atoms with Crippen LogP contribution in [0.15, 0.2) is 36.4 Å². The van der Waals surface area contributed by atoms with E-state index >= 15 is 0 Å². The lowest BCUT2D eigenvalue weighted by Gasteiger charge is -2.06. The number of phenols is 4. The molecule has 4 N–H and O–H groups in total. The van der Waals surface area contributed by atoms with Gasteiger partial charge in [0.1, 0.15) is 23.0 Å². The fourth-order valence-electron chi connectivity index (χ4n) is 3.57. The third-order valence-corrected chi connectivity index (χ3v) is 5.28. The van der Waals surface area contributed by atoms with E-state index in [0.717, 1.165) is 36.8 Å². The minimum absolute atomic E-state index is 0.111. The highest BCUT2D eigenvalue weighted by Gasteiger charge is 2.03. The standard InChI is InChI=1S/C24H34O4/c25-21-15-13-19(23(27)17-21)11-9-7-5-3-1-2-4-6-8-10-12-20-14-16-22(26)18-24(20)28/h13-18,25-28H,1-12H2. The van der Waals surface area contributed by atoms with Gasteiger partial charge in [0.05, 0.1) is 0 Å². The summed E-state index contributed by atoms with van der Waals surface area (Å²) in [4.78, 5) is 0. The summed E-state index contributed by atoms with van der Waals surface area (Å²) in [6.07, 6.45) is 13.8. The van der Waals surface area contributed by atoms with Gasteiger partial charge in [0.15, 0.2) is 0 Å². The van der Waals surface area contributed by atoms with E-state index in [9.17, 15) is 20.4 Å². The summed E-state index contributed by atoms with van der Waals surface area (Å²) in [5, 5.41) is 38.1. The van der Waals surface area contributed by atoms with Gasteiger partial charge < -0.3 is 20.4 Å². The molecule has 154 valence electrons. The lowest BCUT2D eigenvalue weighted by Crippen LogP contribution is -1.88. The zero-order chi connectivity index (χ0) is 20.2. The Bertz CT molecular complexity index is 650. The molecule has 0 amide bonds. The van der Waals surface area contributed by atoms with Gasteiger partial charge in [-0.25, -0.2) is 0 Å². The van der Waals surface area contributed by atoms with Gasteiger partial charge in [0.25, 0.3) is 0 Å². The van der Waals surface area contributed by atoms with E-state index in [0.29, 0.717) is 0 Å². The second kappa shape index (κ2) is 12.2. The first kappa shape index (κ1) is 21.9. The molecule has 4 heteroatoms. The van der Waals surface area contributed by atoms with Crippen LogP contribution >= 0.6 is 0 Å². The fourth-order valence-corrected chi connectivity index (χ4v) is 3.57. The molecular formula is C24H34O4. The number of aryl methyl sites for hydroxylation is 2. The van der Waals surface area contributed by atoms with Crippen molar-refractivity contribution in [1.82, 2.24) is 0 Å². The molecule has 2 rings (SSSR count). The lowest BCUT2D eigenvalue weighted by molar-refractivity contribution is 0.443. The first-order valence-electron chi connectivity index (χ1n) is 10.6. The molecule has 0 fully saturated rings. The molecule has 0 spiro atoms. The van der Waals surface area contributed by atoms with E-state index in [-0.39, 0.29) is 23.0 Å². The minimum Gasteiger partial charge on any atom is -0.508 e. The summed E-state index contributed by atoms with van der Waals surface area (Å²) < 4.78 is 0. The average molecular weight is 387 g/mol. The maximum atomic E-state index is 9.76. The number of hydrogen-bond acceptors (Lipinski definition) is 4. The van der Waals surface area contributed by atoms with Crippen LogP contribution in [0.4, 0.5) is 0 Å². The van der Waals surface area contributed by atoms with E-state index in [4.69, 9.17) is 0 Å². The monoisotopic (exact) mass is 386 g/mol. The largest absolute Gasteiger partial charge is 0.508 e. The van der Waals surface area contributed by atoms with E-state index in [1.165, 1.54) is 63.5 Å². The summed E-state index contributed by atoms with van der Waals surface area (Å²) in [5.74, 6) is 0.612. The zero-order valence-electron chi connectivity index (χ0n) is 16.7. The fraction of sp³-hybridized carbons (Fsp3) is 0.500. The van der Waals surface area contributed by atoms with Gasteiger partial charge >= 0.3 is 0 Å². The number of phenolic OH excluding ortho intramolecular Hbond substituents is 4. The molecule has 0 aliphatic rings. The predicted octanol–water partition coefficient (Wildman–Crippen LogP) is 6.20. The Morgan fingerprint density at radius 3 is 1.07 bits per heavy atom. The van der Waals surface area contributed by atoms with Crippen LogP contribution < -0.4 is 0 Å². The van der Waals surface area contributed by atoms with Crippen LogP contribution in [0.2, 0.25) is 0 Å². The van der Waals surface area contributed by atoms with Crippen molar-refractivity contribution in [3.8, 4) is 23.0 Å². The Kier molecular flexibility index (Phi) is 9.53. The van der Waals surface area contributed by atoms with Crippen LogP contribution in [-0.4, -0.2) is 20.4 Å². The van der Waals surface area contributed by atoms with Crippen LogP contribution in [0, 0.1) is 0 Å². The highest BCUT2D eigenvalue weighted by Crippen LogP contribution is 2.25. The minimum atomic E-state index is 0.111. The Morgan fingerprint density at radius 1 is 0.429 bits per heavy atom. The van der Waals surface area contributed by atoms with Crippen molar-refractivity contribution in [2.45, 2.75) is 77.0 Å². The SMILES string of the molecule is Oc1ccc(CCCCCCCCCCCCc2ccc(O)cc2O)c(O)c1. The molecule has 0 unspecified atom stereocenters. The van der Waals surface area contributed by atoms with Crippen molar-refractivity contribution in [2.75, 3.05) is 0 Å². The predicted molar refractivity (Wildman–Crippen MR) is 113 cm³/mol. The topological polar surface area (TPSA) is 80.9 Å². The molecule has 0 saturated carbocycles. The van der Waals surface area contributed by atoms with Gasteiger partial charge in [-0.2, -0.15) is 0 Å². The Balaban J connectivity index is 1.40. The smallest absolute Gasteiger partial charge is 0.122 e. The quantitative estimate of drug-likeness (QED) is 0.309. The molecule has 0 bridgehead atoms. The molecule has 0 atom stereocenters. The van der Waals surface area contributed by atoms with Crippen LogP contribution in [0.5, 0.6) is 23.0 Å². The molecular weight excluding hydrogens is 352 g/mol. The number of hydrogen-bond donors (Lipinski definition) is 4. The molecule has 2 aromatic carbocycles. The third kappa shape index (κ3) is 8.12. The van der Waals surface area contributed by atoms with Crippen molar-refractivity contribution in [2.24, 2.45) is 0 Å². The van der Waals surface area contributed by atoms with Crippen LogP contribution in [-0.2, 0) is 12.8 Å². The molecule has 0 aliphatic heterocycles. The van der Waals surface area contributed by atoms with E-state index in [1.54, 1.807) is 24.3 Å². The van der Waals surface area contributed by atoms with Gasteiger partial charge in [0, 0.05) is 12.1 Å². The second-order valence-electron chi connectivity index (χ2n) is 7.66. The summed E-state index contributed by atoms with van der Waals surface area (Å²) in [7, 11) is 0. The van der Waals surface area contributed by atoms with Crippen LogP contribution in [0.1, 0.15) is 75.3 Å². The van der Waals surface area contributed by atoms with Crippen molar-refractivity contribution in [1.29, 1.82) is 0 Å². The molecule has 2 aromatic rings. The van der Waals surface area contributed by atoms with Gasteiger partial charge in [-0.15, -0.1) is 0 Å². The first-order valence-corrected chi connectivity index (χ1v) is 10.6. The maximum absolute atomic E-state index is 9.76. The molecule has 0 heterocycles. The lowest BCUT2D eigenvalue weighted by atomic mass is 10.0. The van der Waals surface area contributed by atoms with Gasteiger partial charge in [-0.1, -0.05) is 63.5 Å². The Morgan fingerprint density at radius 2 is 0.750 bits per heavy atom. The molecule has 0 saturated heterocycles. The number of benzene rings is 2. The van der Waals surface area contributed by atoms with Crippen LogP contribution in [0.25, 0.3) is 0 Å². The normalized spacial score (nSPS) is 11.0. The summed E-state index contributed by atoms with van der Waals surface area (Å²) in [6, 6.07) is 9.66. The number of rotatable bonds is 13. The summed E-state index contributed by atoms with van der Waals surface area (Å²) in [6.45, 7) is 0. The zero-order valence-corrected chi connectivity index (χ0v) is 16.7. The van der Waals surface area contributed by atoms with Gasteiger partial charge in [-0.05, 0) is 48.9 Å². The Labute approximate surface area is 168 Å². The first-order chi connectivity index (χ1) is 13.6. The Hall–Kier alpha value is -2.36. The highest BCUT2D eigenvalue weighted by molar-refractivity contribution is 5.39. The molecule has 4 nitrogen and oxygen atoms in total. The van der Waals surface area contributed by atoms with Crippen molar-refractivity contribution in [3.05, 3.63) is 47.5 Å².